The van der Waals surface area contributed by atoms with E-state index in [1.807, 2.05) is 19.6 Å². The molecule has 30 heavy (non-hydrogen) atoms. The Morgan fingerprint density at radius 1 is 0.933 bits per heavy atom. The van der Waals surface area contributed by atoms with Crippen LogP contribution in [0, 0.1) is 23.7 Å². The zero-order chi connectivity index (χ0) is 23.4. The van der Waals surface area contributed by atoms with E-state index < -0.39 is 27.5 Å². The maximum atomic E-state index is 11.1. The molecule has 0 radical (unpaired) electrons. The van der Waals surface area contributed by atoms with Crippen LogP contribution in [0.15, 0.2) is 0 Å². The van der Waals surface area contributed by atoms with Crippen LogP contribution < -0.4 is 0 Å². The fourth-order valence-corrected chi connectivity index (χ4v) is 2.39. The third-order valence-electron chi connectivity index (χ3n) is 2.98. The highest BCUT2D eigenvalue weighted by atomic mass is 35.6. The minimum absolute atomic E-state index is 0.0944. The molecule has 0 aromatic carbocycles. The summed E-state index contributed by atoms with van der Waals surface area (Å²) in [5.41, 5.74) is 0. The van der Waals surface area contributed by atoms with Crippen molar-refractivity contribution < 1.29 is 23.5 Å². The first-order valence-electron chi connectivity index (χ1n) is 8.70. The second-order valence-electron chi connectivity index (χ2n) is 6.77. The van der Waals surface area contributed by atoms with Crippen molar-refractivity contribution in [3.8, 4) is 23.7 Å². The first-order chi connectivity index (χ1) is 13.6. The molecule has 0 aromatic rings. The van der Waals surface area contributed by atoms with Gasteiger partial charge in [0.2, 0.25) is 0 Å². The second kappa shape index (κ2) is 14.4. The van der Waals surface area contributed by atoms with Crippen molar-refractivity contribution in [2.75, 3.05) is 19.8 Å². The highest BCUT2D eigenvalue weighted by Crippen LogP contribution is 2.27. The van der Waals surface area contributed by atoms with Gasteiger partial charge < -0.3 is 13.9 Å². The number of alkyl halides is 6. The zero-order valence-electron chi connectivity index (χ0n) is 16.6. The number of hydrogen-bond acceptors (Lipinski definition) is 5. The average molecular weight is 559 g/mol. The molecule has 1 fully saturated rings. The fourth-order valence-electron chi connectivity index (χ4n) is 1.60. The molecule has 1 atom stereocenters. The number of ether oxygens (including phenoxy) is 2. The largest absolute Gasteiger partial charge is 0.407 e. The summed E-state index contributed by atoms with van der Waals surface area (Å²) >= 11 is 31.9. The van der Waals surface area contributed by atoms with Gasteiger partial charge in [0.25, 0.3) is 19.2 Å². The van der Waals surface area contributed by atoms with Crippen molar-refractivity contribution in [3.63, 3.8) is 0 Å². The Hall–Kier alpha value is 0.297. The van der Waals surface area contributed by atoms with Crippen molar-refractivity contribution in [3.05, 3.63) is 0 Å². The first kappa shape index (κ1) is 30.3. The molecule has 0 aromatic heterocycles. The van der Waals surface area contributed by atoms with Gasteiger partial charge in [0.1, 0.15) is 6.61 Å². The monoisotopic (exact) mass is 556 g/mol. The molecular weight excluding hydrogens is 537 g/mol. The van der Waals surface area contributed by atoms with Gasteiger partial charge in [-0.2, -0.15) is 0 Å². The van der Waals surface area contributed by atoms with Gasteiger partial charge in [0, 0.05) is 6.61 Å². The molecule has 5 nitrogen and oxygen atoms in total. The van der Waals surface area contributed by atoms with Crippen molar-refractivity contribution in [2.24, 2.45) is 0 Å². The van der Waals surface area contributed by atoms with Crippen LogP contribution in [-0.2, 0) is 23.5 Å². The molecule has 0 N–H and O–H groups in total. The normalized spacial score (nSPS) is 16.8. The van der Waals surface area contributed by atoms with Gasteiger partial charge in [-0.15, -0.1) is 0 Å². The number of ketones is 2. The number of halogens is 6. The van der Waals surface area contributed by atoms with Gasteiger partial charge in [0.15, 0.2) is 14.6 Å². The van der Waals surface area contributed by atoms with E-state index in [0.29, 0.717) is 6.61 Å². The van der Waals surface area contributed by atoms with E-state index in [2.05, 4.69) is 23.7 Å². The summed E-state index contributed by atoms with van der Waals surface area (Å²) in [7, 11) is -1.59. The third-order valence-corrected chi connectivity index (χ3v) is 5.02. The molecule has 0 amide bonds. The summed E-state index contributed by atoms with van der Waals surface area (Å²) in [6.45, 7) is 7.05. The molecule has 1 aliphatic rings. The molecule has 170 valence electrons. The number of Topliss-reactive ketones (excluding diaryl/α,β-unsaturated/α-hetero) is 2. The van der Waals surface area contributed by atoms with Crippen LogP contribution in [0.2, 0.25) is 19.6 Å². The third kappa shape index (κ3) is 16.9. The van der Waals surface area contributed by atoms with Crippen LogP contribution in [0.1, 0.15) is 19.3 Å². The summed E-state index contributed by atoms with van der Waals surface area (Å²) in [6.07, 6.45) is 2.74. The van der Waals surface area contributed by atoms with Gasteiger partial charge in [0.05, 0.1) is 6.61 Å². The van der Waals surface area contributed by atoms with Crippen LogP contribution >= 0.6 is 69.6 Å². The molecule has 0 spiro atoms. The van der Waals surface area contributed by atoms with E-state index >= 15 is 0 Å². The van der Waals surface area contributed by atoms with E-state index in [-0.39, 0.29) is 19.5 Å². The summed E-state index contributed by atoms with van der Waals surface area (Å²) < 4.78 is 12.0. The van der Waals surface area contributed by atoms with E-state index in [1.54, 1.807) is 0 Å². The Morgan fingerprint density at radius 3 is 1.83 bits per heavy atom. The van der Waals surface area contributed by atoms with Gasteiger partial charge in [-0.3, -0.25) is 9.59 Å². The lowest BCUT2D eigenvalue weighted by atomic mass is 10.2. The summed E-state index contributed by atoms with van der Waals surface area (Å²) in [5, 5.41) is 0. The molecule has 1 unspecified atom stereocenters. The maximum Gasteiger partial charge on any atom is 0.261 e. The van der Waals surface area contributed by atoms with Crippen molar-refractivity contribution in [1.82, 2.24) is 0 Å². The lowest BCUT2D eigenvalue weighted by Crippen LogP contribution is -2.25. The lowest BCUT2D eigenvalue weighted by Gasteiger charge is -2.21. The molecule has 0 saturated carbocycles. The summed E-state index contributed by atoms with van der Waals surface area (Å²) in [5.74, 6) is 7.90. The summed E-state index contributed by atoms with van der Waals surface area (Å²) in [4.78, 5) is 22.0. The van der Waals surface area contributed by atoms with Crippen LogP contribution in [0.4, 0.5) is 0 Å². The average Bonchev–Trinajstić information content (AvgIpc) is 2.61. The minimum atomic E-state index is -1.98. The fraction of sp³-hybridized carbons (Fsp3) is 0.667. The molecule has 1 rings (SSSR count). The van der Waals surface area contributed by atoms with Gasteiger partial charge >= 0.3 is 0 Å². The van der Waals surface area contributed by atoms with Crippen molar-refractivity contribution >= 4 is 89.5 Å². The second-order valence-corrected chi connectivity index (χ2v) is 15.8. The van der Waals surface area contributed by atoms with Crippen LogP contribution in [-0.4, -0.2) is 53.6 Å². The van der Waals surface area contributed by atoms with Crippen molar-refractivity contribution in [1.29, 1.82) is 0 Å². The molecule has 1 aliphatic heterocycles. The molecule has 0 aliphatic carbocycles. The number of carbonyl (C=O) groups is 2. The first-order valence-corrected chi connectivity index (χ1v) is 14.4. The van der Waals surface area contributed by atoms with E-state index in [9.17, 15) is 9.59 Å². The molecule has 0 bridgehead atoms. The number of rotatable bonds is 4. The quantitative estimate of drug-likeness (QED) is 0.204. The Kier molecular flexibility index (Phi) is 14.6. The van der Waals surface area contributed by atoms with E-state index in [0.717, 1.165) is 19.3 Å². The van der Waals surface area contributed by atoms with Crippen molar-refractivity contribution in [2.45, 2.75) is 52.8 Å². The van der Waals surface area contributed by atoms with Gasteiger partial charge in [-0.1, -0.05) is 81.4 Å². The molecule has 12 heteroatoms. The minimum Gasteiger partial charge on any atom is -0.407 e. The molecule has 1 saturated heterocycles. The highest BCUT2D eigenvalue weighted by molar-refractivity contribution is 6.78. The van der Waals surface area contributed by atoms with Gasteiger partial charge in [-0.05, 0) is 50.7 Å². The lowest BCUT2D eigenvalue weighted by molar-refractivity contribution is -0.154. The number of carbonyl (C=O) groups excluding carboxylic acids is 2. The van der Waals surface area contributed by atoms with E-state index in [4.69, 9.17) is 83.5 Å². The Balaban J connectivity index is 0.000000567. The van der Waals surface area contributed by atoms with Crippen LogP contribution in [0.3, 0.4) is 0 Å². The predicted octanol–water partition coefficient (Wildman–Crippen LogP) is 5.25. The smallest absolute Gasteiger partial charge is 0.261 e. The van der Waals surface area contributed by atoms with Crippen LogP contribution in [0.5, 0.6) is 0 Å². The maximum absolute atomic E-state index is 11.1. The Morgan fingerprint density at radius 2 is 1.43 bits per heavy atom. The number of hydrogen-bond donors (Lipinski definition) is 0. The SMILES string of the molecule is C[Si](C)(C)OCC#CC(=O)C(Cl)(Cl)Cl.O=C(C#CCOC1CCCCO1)C(Cl)(Cl)Cl. The summed E-state index contributed by atoms with van der Waals surface area (Å²) in [6, 6.07) is 0. The Labute approximate surface area is 208 Å². The van der Waals surface area contributed by atoms with Gasteiger partial charge in [-0.25, -0.2) is 0 Å². The molecular formula is C18H22Cl6O5Si. The zero-order valence-corrected chi connectivity index (χ0v) is 22.2. The van der Waals surface area contributed by atoms with E-state index in [1.165, 1.54) is 0 Å². The molecule has 1 heterocycles. The van der Waals surface area contributed by atoms with Crippen LogP contribution in [0.25, 0.3) is 0 Å². The predicted molar refractivity (Wildman–Crippen MR) is 125 cm³/mol. The topological polar surface area (TPSA) is 61.8 Å². The highest BCUT2D eigenvalue weighted by Gasteiger charge is 2.29. The Bertz CT molecular complexity index is 683. The standard InChI is InChI=1S/C10H11Cl3O3.C8H11Cl3O2Si/c11-10(12,13)8(14)4-3-7-16-9-5-1-2-6-15-9;1-14(2,3)13-6-4-5-7(12)8(9,10)11/h9H,1-2,5-7H2;6H2,1-3H3.